The lowest BCUT2D eigenvalue weighted by atomic mass is 10.1. The quantitative estimate of drug-likeness (QED) is 0.524. The van der Waals surface area contributed by atoms with Gasteiger partial charge in [0.05, 0.1) is 0 Å². The normalized spacial score (nSPS) is 9.92. The molecule has 0 N–H and O–H groups in total. The molecule has 0 aromatic heterocycles. The highest BCUT2D eigenvalue weighted by Crippen LogP contribution is 2.05. The van der Waals surface area contributed by atoms with Gasteiger partial charge >= 0.3 is 0 Å². The van der Waals surface area contributed by atoms with Crippen molar-refractivity contribution in [3.63, 3.8) is 0 Å². The Morgan fingerprint density at radius 1 is 1.23 bits per heavy atom. The van der Waals surface area contributed by atoms with E-state index in [2.05, 4.69) is 6.92 Å². The van der Waals surface area contributed by atoms with Gasteiger partial charge in [0.1, 0.15) is 0 Å². The van der Waals surface area contributed by atoms with Gasteiger partial charge in [-0.15, -0.1) is 0 Å². The Bertz CT molecular complexity index is 279. The monoisotopic (exact) mass is 179 g/mol. The highest BCUT2D eigenvalue weighted by Gasteiger charge is 1.98. The van der Waals surface area contributed by atoms with Crippen LogP contribution in [0.2, 0.25) is 0 Å². The summed E-state index contributed by atoms with van der Waals surface area (Å²) < 4.78 is 0. The maximum absolute atomic E-state index is 10.1. The van der Waals surface area contributed by atoms with Crippen LogP contribution in [0.3, 0.4) is 0 Å². The molecule has 0 bridgehead atoms. The molecule has 0 fully saturated rings. The summed E-state index contributed by atoms with van der Waals surface area (Å²) in [5, 5.41) is 10.1. The lowest BCUT2D eigenvalue weighted by Gasteiger charge is -1.99. The molecular formula is C10H13NO2. The second-order valence-corrected chi connectivity index (χ2v) is 2.98. The summed E-state index contributed by atoms with van der Waals surface area (Å²) >= 11 is 0. The van der Waals surface area contributed by atoms with E-state index in [1.165, 1.54) is 5.56 Å². The van der Waals surface area contributed by atoms with Crippen molar-refractivity contribution < 1.29 is 4.92 Å². The van der Waals surface area contributed by atoms with Crippen molar-refractivity contribution in [1.29, 1.82) is 0 Å². The summed E-state index contributed by atoms with van der Waals surface area (Å²) in [6, 6.07) is 7.97. The van der Waals surface area contributed by atoms with Gasteiger partial charge in [0.25, 0.3) is 0 Å². The fourth-order valence-corrected chi connectivity index (χ4v) is 1.16. The molecule has 0 unspecified atom stereocenters. The molecular weight excluding hydrogens is 166 g/mol. The van der Waals surface area contributed by atoms with E-state index in [0.29, 0.717) is 6.42 Å². The molecule has 3 nitrogen and oxygen atoms in total. The summed E-state index contributed by atoms with van der Waals surface area (Å²) in [7, 11) is 0. The number of aryl methyl sites for hydroxylation is 1. The Morgan fingerprint density at radius 3 is 2.23 bits per heavy atom. The van der Waals surface area contributed by atoms with E-state index < -0.39 is 0 Å². The topological polar surface area (TPSA) is 43.1 Å². The molecule has 0 saturated carbocycles. The first-order valence-electron chi connectivity index (χ1n) is 4.42. The van der Waals surface area contributed by atoms with Crippen LogP contribution in [0, 0.1) is 10.1 Å². The van der Waals surface area contributed by atoms with Gasteiger partial charge in [0.15, 0.2) is 0 Å². The molecule has 0 aliphatic heterocycles. The van der Waals surface area contributed by atoms with Crippen LogP contribution in [0.4, 0.5) is 0 Å². The first kappa shape index (κ1) is 9.71. The molecule has 0 atom stereocenters. The van der Waals surface area contributed by atoms with Crippen LogP contribution in [0.1, 0.15) is 18.1 Å². The summed E-state index contributed by atoms with van der Waals surface area (Å²) in [5.74, 6) is 0. The van der Waals surface area contributed by atoms with E-state index in [1.807, 2.05) is 24.3 Å². The van der Waals surface area contributed by atoms with Gasteiger partial charge in [0.2, 0.25) is 6.54 Å². The second-order valence-electron chi connectivity index (χ2n) is 2.98. The SMILES string of the molecule is CCc1ccc(CC[N+](=O)[O-])cc1. The van der Waals surface area contributed by atoms with Crippen molar-refractivity contribution in [2.45, 2.75) is 19.8 Å². The van der Waals surface area contributed by atoms with Crippen molar-refractivity contribution >= 4 is 0 Å². The zero-order valence-corrected chi connectivity index (χ0v) is 7.69. The minimum Gasteiger partial charge on any atom is -0.265 e. The van der Waals surface area contributed by atoms with Crippen molar-refractivity contribution in [3.8, 4) is 0 Å². The highest BCUT2D eigenvalue weighted by atomic mass is 16.6. The maximum atomic E-state index is 10.1. The van der Waals surface area contributed by atoms with Crippen molar-refractivity contribution in [3.05, 3.63) is 45.5 Å². The van der Waals surface area contributed by atoms with E-state index in [-0.39, 0.29) is 11.5 Å². The van der Waals surface area contributed by atoms with E-state index in [9.17, 15) is 10.1 Å². The fraction of sp³-hybridized carbons (Fsp3) is 0.400. The van der Waals surface area contributed by atoms with E-state index in [4.69, 9.17) is 0 Å². The van der Waals surface area contributed by atoms with Crippen LogP contribution in [0.25, 0.3) is 0 Å². The molecule has 0 heterocycles. The lowest BCUT2D eigenvalue weighted by molar-refractivity contribution is -0.479. The first-order valence-corrected chi connectivity index (χ1v) is 4.42. The maximum Gasteiger partial charge on any atom is 0.207 e. The van der Waals surface area contributed by atoms with Gasteiger partial charge in [-0.2, -0.15) is 0 Å². The standard InChI is InChI=1S/C10H13NO2/c1-2-9-3-5-10(6-4-9)7-8-11(12)13/h3-6H,2,7-8H2,1H3. The van der Waals surface area contributed by atoms with Crippen LogP contribution < -0.4 is 0 Å². The molecule has 1 aromatic carbocycles. The third-order valence-electron chi connectivity index (χ3n) is 2.01. The van der Waals surface area contributed by atoms with Gasteiger partial charge in [-0.1, -0.05) is 31.2 Å². The predicted octanol–water partition coefficient (Wildman–Crippen LogP) is 2.07. The fourth-order valence-electron chi connectivity index (χ4n) is 1.16. The van der Waals surface area contributed by atoms with Gasteiger partial charge < -0.3 is 0 Å². The Balaban J connectivity index is 2.54. The van der Waals surface area contributed by atoms with E-state index >= 15 is 0 Å². The Hall–Kier alpha value is -1.38. The average Bonchev–Trinajstić information content (AvgIpc) is 2.15. The molecule has 0 spiro atoms. The molecule has 3 heteroatoms. The molecule has 0 radical (unpaired) electrons. The number of benzene rings is 1. The third-order valence-corrected chi connectivity index (χ3v) is 2.01. The number of nitro groups is 1. The second kappa shape index (κ2) is 4.60. The summed E-state index contributed by atoms with van der Waals surface area (Å²) in [6.45, 7) is 2.11. The van der Waals surface area contributed by atoms with Gasteiger partial charge in [-0.25, -0.2) is 0 Å². The zero-order valence-electron chi connectivity index (χ0n) is 7.69. The number of hydrogen-bond acceptors (Lipinski definition) is 2. The van der Waals surface area contributed by atoms with E-state index in [1.54, 1.807) is 0 Å². The van der Waals surface area contributed by atoms with Crippen LogP contribution >= 0.6 is 0 Å². The molecule has 1 aromatic rings. The molecule has 0 amide bonds. The summed E-state index contributed by atoms with van der Waals surface area (Å²) in [6.07, 6.45) is 1.53. The minimum atomic E-state index is -0.284. The van der Waals surface area contributed by atoms with E-state index in [0.717, 1.165) is 12.0 Å². The molecule has 70 valence electrons. The van der Waals surface area contributed by atoms with Gasteiger partial charge in [-0.05, 0) is 17.5 Å². The van der Waals surface area contributed by atoms with Crippen LogP contribution in [0.15, 0.2) is 24.3 Å². The summed E-state index contributed by atoms with van der Waals surface area (Å²) in [4.78, 5) is 9.82. The third kappa shape index (κ3) is 3.23. The predicted molar refractivity (Wildman–Crippen MR) is 51.4 cm³/mol. The van der Waals surface area contributed by atoms with Crippen LogP contribution in [-0.2, 0) is 12.8 Å². The van der Waals surface area contributed by atoms with Crippen molar-refractivity contribution in [2.75, 3.05) is 6.54 Å². The van der Waals surface area contributed by atoms with Crippen molar-refractivity contribution in [2.24, 2.45) is 0 Å². The summed E-state index contributed by atoms with van der Waals surface area (Å²) in [5.41, 5.74) is 2.30. The Labute approximate surface area is 77.5 Å². The molecule has 0 aliphatic rings. The highest BCUT2D eigenvalue weighted by molar-refractivity contribution is 5.22. The minimum absolute atomic E-state index is 0.0193. The van der Waals surface area contributed by atoms with Gasteiger partial charge in [-0.3, -0.25) is 10.1 Å². The number of nitrogens with zero attached hydrogens (tertiary/aromatic N) is 1. The zero-order chi connectivity index (χ0) is 9.68. The van der Waals surface area contributed by atoms with Gasteiger partial charge in [0, 0.05) is 11.3 Å². The molecule has 1 rings (SSSR count). The number of hydrogen-bond donors (Lipinski definition) is 0. The molecule has 0 saturated heterocycles. The molecule has 13 heavy (non-hydrogen) atoms. The Kier molecular flexibility index (Phi) is 3.43. The number of rotatable bonds is 4. The first-order chi connectivity index (χ1) is 6.22. The molecule has 0 aliphatic carbocycles. The Morgan fingerprint density at radius 2 is 1.77 bits per heavy atom. The van der Waals surface area contributed by atoms with Crippen LogP contribution in [-0.4, -0.2) is 11.5 Å². The van der Waals surface area contributed by atoms with Crippen molar-refractivity contribution in [1.82, 2.24) is 0 Å². The smallest absolute Gasteiger partial charge is 0.207 e. The largest absolute Gasteiger partial charge is 0.265 e. The van der Waals surface area contributed by atoms with Crippen LogP contribution in [0.5, 0.6) is 0 Å². The average molecular weight is 179 g/mol. The lowest BCUT2D eigenvalue weighted by Crippen LogP contribution is -2.03.